The third-order valence-electron chi connectivity index (χ3n) is 2.01. The van der Waals surface area contributed by atoms with Gasteiger partial charge in [0.05, 0.1) is 5.56 Å². The molecule has 2 rings (SSSR count). The number of aromatic nitrogens is 1. The van der Waals surface area contributed by atoms with Crippen LogP contribution >= 0.6 is 11.6 Å². The van der Waals surface area contributed by atoms with Crippen LogP contribution in [0, 0.1) is 5.82 Å². The SMILES string of the molecule is NCc1ncoc1-c1ccc(Cl)cc1F. The molecule has 1 aromatic carbocycles. The Morgan fingerprint density at radius 2 is 2.27 bits per heavy atom. The van der Waals surface area contributed by atoms with E-state index in [4.69, 9.17) is 21.8 Å². The second kappa shape index (κ2) is 4.00. The molecule has 0 fully saturated rings. The first-order valence-corrected chi connectivity index (χ1v) is 4.68. The highest BCUT2D eigenvalue weighted by Gasteiger charge is 2.13. The number of hydrogen-bond acceptors (Lipinski definition) is 3. The first-order chi connectivity index (χ1) is 7.22. The van der Waals surface area contributed by atoms with Crippen LogP contribution in [0.3, 0.4) is 0 Å². The van der Waals surface area contributed by atoms with Crippen LogP contribution < -0.4 is 5.73 Å². The summed E-state index contributed by atoms with van der Waals surface area (Å²) in [7, 11) is 0. The zero-order valence-electron chi connectivity index (χ0n) is 7.71. The Bertz CT molecular complexity index is 484. The van der Waals surface area contributed by atoms with Crippen molar-refractivity contribution in [2.75, 3.05) is 0 Å². The summed E-state index contributed by atoms with van der Waals surface area (Å²) in [4.78, 5) is 3.88. The van der Waals surface area contributed by atoms with Crippen LogP contribution in [0.1, 0.15) is 5.69 Å². The maximum absolute atomic E-state index is 13.5. The van der Waals surface area contributed by atoms with E-state index in [1.807, 2.05) is 0 Å². The summed E-state index contributed by atoms with van der Waals surface area (Å²) in [5.74, 6) is -0.0967. The summed E-state index contributed by atoms with van der Waals surface area (Å²) in [6, 6.07) is 4.35. The van der Waals surface area contributed by atoms with Gasteiger partial charge in [-0.25, -0.2) is 9.37 Å². The van der Waals surface area contributed by atoms with Crippen molar-refractivity contribution in [1.29, 1.82) is 0 Å². The van der Waals surface area contributed by atoms with E-state index >= 15 is 0 Å². The van der Waals surface area contributed by atoms with Gasteiger partial charge in [0, 0.05) is 11.6 Å². The van der Waals surface area contributed by atoms with E-state index in [0.29, 0.717) is 22.0 Å². The molecule has 2 aromatic rings. The van der Waals surface area contributed by atoms with Gasteiger partial charge in [-0.3, -0.25) is 0 Å². The maximum Gasteiger partial charge on any atom is 0.181 e. The Kier molecular flexibility index (Phi) is 2.70. The van der Waals surface area contributed by atoms with E-state index in [1.165, 1.54) is 18.5 Å². The Hall–Kier alpha value is -1.39. The average molecular weight is 227 g/mol. The van der Waals surface area contributed by atoms with Crippen molar-refractivity contribution in [3.63, 3.8) is 0 Å². The van der Waals surface area contributed by atoms with Crippen LogP contribution in [-0.2, 0) is 6.54 Å². The molecule has 0 radical (unpaired) electrons. The van der Waals surface area contributed by atoms with E-state index in [1.54, 1.807) is 6.07 Å². The number of oxazole rings is 1. The van der Waals surface area contributed by atoms with Crippen LogP contribution in [0.25, 0.3) is 11.3 Å². The van der Waals surface area contributed by atoms with Crippen molar-refractivity contribution in [2.45, 2.75) is 6.54 Å². The predicted molar refractivity (Wildman–Crippen MR) is 54.8 cm³/mol. The second-order valence-electron chi connectivity index (χ2n) is 2.96. The first kappa shape index (κ1) is 10.1. The Balaban J connectivity index is 2.54. The quantitative estimate of drug-likeness (QED) is 0.856. The normalized spacial score (nSPS) is 10.6. The molecule has 1 aromatic heterocycles. The highest BCUT2D eigenvalue weighted by molar-refractivity contribution is 6.30. The lowest BCUT2D eigenvalue weighted by molar-refractivity contribution is 0.560. The van der Waals surface area contributed by atoms with Gasteiger partial charge in [0.1, 0.15) is 11.5 Å². The fourth-order valence-corrected chi connectivity index (χ4v) is 1.47. The second-order valence-corrected chi connectivity index (χ2v) is 3.39. The molecule has 78 valence electrons. The van der Waals surface area contributed by atoms with E-state index in [-0.39, 0.29) is 6.54 Å². The molecule has 15 heavy (non-hydrogen) atoms. The molecule has 0 spiro atoms. The van der Waals surface area contributed by atoms with Gasteiger partial charge in [0.15, 0.2) is 12.2 Å². The van der Waals surface area contributed by atoms with Crippen LogP contribution in [0.15, 0.2) is 29.0 Å². The molecule has 0 aliphatic carbocycles. The Labute approximate surface area is 90.7 Å². The molecule has 3 nitrogen and oxygen atoms in total. The van der Waals surface area contributed by atoms with Gasteiger partial charge in [-0.2, -0.15) is 0 Å². The summed E-state index contributed by atoms with van der Waals surface area (Å²) in [6.45, 7) is 0.202. The predicted octanol–water partition coefficient (Wildman–Crippen LogP) is 2.59. The molecule has 0 saturated carbocycles. The van der Waals surface area contributed by atoms with Gasteiger partial charge in [0.2, 0.25) is 0 Å². The average Bonchev–Trinajstić information content (AvgIpc) is 2.65. The third kappa shape index (κ3) is 1.86. The lowest BCUT2D eigenvalue weighted by Gasteiger charge is -2.01. The zero-order valence-corrected chi connectivity index (χ0v) is 8.46. The number of hydrogen-bond donors (Lipinski definition) is 1. The van der Waals surface area contributed by atoms with E-state index in [9.17, 15) is 4.39 Å². The highest BCUT2D eigenvalue weighted by Crippen LogP contribution is 2.27. The van der Waals surface area contributed by atoms with Crippen LogP contribution in [-0.4, -0.2) is 4.98 Å². The van der Waals surface area contributed by atoms with E-state index < -0.39 is 5.82 Å². The monoisotopic (exact) mass is 226 g/mol. The molecule has 0 amide bonds. The number of halogens is 2. The van der Waals surface area contributed by atoms with Gasteiger partial charge in [0.25, 0.3) is 0 Å². The molecule has 0 unspecified atom stereocenters. The summed E-state index contributed by atoms with van der Waals surface area (Å²) in [5, 5.41) is 0.338. The molecule has 2 N–H and O–H groups in total. The van der Waals surface area contributed by atoms with Gasteiger partial charge in [-0.1, -0.05) is 11.6 Å². The van der Waals surface area contributed by atoms with Crippen LogP contribution in [0.5, 0.6) is 0 Å². The van der Waals surface area contributed by atoms with Crippen LogP contribution in [0.4, 0.5) is 4.39 Å². The Morgan fingerprint density at radius 1 is 1.47 bits per heavy atom. The molecule has 1 heterocycles. The summed E-state index contributed by atoms with van der Waals surface area (Å²) in [5.41, 5.74) is 6.28. The van der Waals surface area contributed by atoms with Crippen molar-refractivity contribution < 1.29 is 8.81 Å². The largest absolute Gasteiger partial charge is 0.443 e. The Morgan fingerprint density at radius 3 is 2.93 bits per heavy atom. The van der Waals surface area contributed by atoms with Crippen molar-refractivity contribution in [2.24, 2.45) is 5.73 Å². The van der Waals surface area contributed by atoms with Crippen LogP contribution in [0.2, 0.25) is 5.02 Å². The minimum Gasteiger partial charge on any atom is -0.443 e. The molecule has 0 saturated heterocycles. The van der Waals surface area contributed by atoms with Gasteiger partial charge < -0.3 is 10.2 Å². The first-order valence-electron chi connectivity index (χ1n) is 4.30. The van der Waals surface area contributed by atoms with Crippen molar-refractivity contribution in [1.82, 2.24) is 4.98 Å². The van der Waals surface area contributed by atoms with Gasteiger partial charge in [-0.15, -0.1) is 0 Å². The summed E-state index contributed by atoms with van der Waals surface area (Å²) < 4.78 is 18.6. The molecular weight excluding hydrogens is 219 g/mol. The minimum absolute atomic E-state index is 0.202. The molecular formula is C10H8ClFN2O. The fourth-order valence-electron chi connectivity index (χ4n) is 1.31. The van der Waals surface area contributed by atoms with Crippen molar-refractivity contribution in [3.8, 4) is 11.3 Å². The van der Waals surface area contributed by atoms with Crippen molar-refractivity contribution >= 4 is 11.6 Å². The topological polar surface area (TPSA) is 52.0 Å². The molecule has 0 bridgehead atoms. The van der Waals surface area contributed by atoms with E-state index in [2.05, 4.69) is 4.98 Å². The van der Waals surface area contributed by atoms with Crippen molar-refractivity contribution in [3.05, 3.63) is 41.1 Å². The molecule has 0 aliphatic rings. The molecule has 0 atom stereocenters. The highest BCUT2D eigenvalue weighted by atomic mass is 35.5. The summed E-state index contributed by atoms with van der Waals surface area (Å²) in [6.07, 6.45) is 1.24. The number of rotatable bonds is 2. The third-order valence-corrected chi connectivity index (χ3v) is 2.25. The fraction of sp³-hybridized carbons (Fsp3) is 0.100. The lowest BCUT2D eigenvalue weighted by atomic mass is 10.1. The number of nitrogens with zero attached hydrogens (tertiary/aromatic N) is 1. The molecule has 0 aliphatic heterocycles. The van der Waals surface area contributed by atoms with E-state index in [0.717, 1.165) is 0 Å². The smallest absolute Gasteiger partial charge is 0.181 e. The van der Waals surface area contributed by atoms with Gasteiger partial charge in [-0.05, 0) is 18.2 Å². The zero-order chi connectivity index (χ0) is 10.8. The molecule has 5 heteroatoms. The number of nitrogens with two attached hydrogens (primary N) is 1. The van der Waals surface area contributed by atoms with Gasteiger partial charge >= 0.3 is 0 Å². The maximum atomic E-state index is 13.5. The lowest BCUT2D eigenvalue weighted by Crippen LogP contribution is -1.98. The summed E-state index contributed by atoms with van der Waals surface area (Å²) >= 11 is 5.64. The standard InChI is InChI=1S/C10H8ClFN2O/c11-6-1-2-7(8(12)3-6)10-9(4-13)14-5-15-10/h1-3,5H,4,13H2. The number of benzene rings is 1. The minimum atomic E-state index is -0.450.